The maximum absolute atomic E-state index is 15.4. The van der Waals surface area contributed by atoms with Gasteiger partial charge in [0.2, 0.25) is 0 Å². The summed E-state index contributed by atoms with van der Waals surface area (Å²) in [6.45, 7) is 0. The summed E-state index contributed by atoms with van der Waals surface area (Å²) in [5, 5.41) is 2.63. The molecule has 34 heavy (non-hydrogen) atoms. The fraction of sp³-hybridized carbons (Fsp3) is 0.400. The van der Waals surface area contributed by atoms with Crippen molar-refractivity contribution in [3.05, 3.63) is 78.9 Å². The van der Waals surface area contributed by atoms with Crippen LogP contribution in [0.5, 0.6) is 5.75 Å². The van der Waals surface area contributed by atoms with Gasteiger partial charge in [-0.25, -0.2) is 0 Å². The van der Waals surface area contributed by atoms with Crippen LogP contribution in [0, 0.1) is 17.8 Å². The number of ether oxygens (including phenoxy) is 1. The van der Waals surface area contributed by atoms with Crippen LogP contribution < -0.4 is 25.6 Å². The summed E-state index contributed by atoms with van der Waals surface area (Å²) in [6, 6.07) is 26.1. The zero-order valence-corrected chi connectivity index (χ0v) is 21.1. The number of methoxy groups -OCH3 is 1. The zero-order valence-electron chi connectivity index (χ0n) is 20.2. The summed E-state index contributed by atoms with van der Waals surface area (Å²) in [5.41, 5.74) is 1.15. The van der Waals surface area contributed by atoms with E-state index in [-0.39, 0.29) is 5.54 Å². The fourth-order valence-electron chi connectivity index (χ4n) is 7.68. The van der Waals surface area contributed by atoms with Gasteiger partial charge in [-0.2, -0.15) is 0 Å². The van der Waals surface area contributed by atoms with E-state index in [4.69, 9.17) is 4.74 Å². The first-order valence-electron chi connectivity index (χ1n) is 12.7. The Balaban J connectivity index is 1.56. The zero-order chi connectivity index (χ0) is 23.3. The molecule has 0 radical (unpaired) electrons. The third kappa shape index (κ3) is 3.35. The molecule has 4 heteroatoms. The van der Waals surface area contributed by atoms with Gasteiger partial charge >= 0.3 is 0 Å². The molecule has 0 amide bonds. The Labute approximate surface area is 203 Å². The van der Waals surface area contributed by atoms with Gasteiger partial charge in [0.25, 0.3) is 0 Å². The van der Waals surface area contributed by atoms with Gasteiger partial charge in [0.1, 0.15) is 5.75 Å². The van der Waals surface area contributed by atoms with Gasteiger partial charge in [0, 0.05) is 28.5 Å². The molecule has 4 aliphatic carbocycles. The van der Waals surface area contributed by atoms with Crippen LogP contribution in [0.2, 0.25) is 0 Å². The molecule has 4 fully saturated rings. The van der Waals surface area contributed by atoms with E-state index < -0.39 is 7.14 Å². The van der Waals surface area contributed by atoms with Crippen molar-refractivity contribution in [3.8, 4) is 5.75 Å². The van der Waals surface area contributed by atoms with E-state index >= 15 is 4.57 Å². The van der Waals surface area contributed by atoms with Crippen molar-refractivity contribution in [2.45, 2.75) is 44.1 Å². The minimum atomic E-state index is -3.12. The molecule has 7 rings (SSSR count). The Bertz CT molecular complexity index is 1140. The van der Waals surface area contributed by atoms with Crippen molar-refractivity contribution in [3.63, 3.8) is 0 Å². The van der Waals surface area contributed by atoms with E-state index in [2.05, 4.69) is 18.0 Å². The lowest BCUT2D eigenvalue weighted by atomic mass is 9.52. The number of anilines is 1. The minimum absolute atomic E-state index is 0.135. The maximum atomic E-state index is 15.4. The molecule has 0 heterocycles. The summed E-state index contributed by atoms with van der Waals surface area (Å²) < 4.78 is 21.3. The number of hydrogen-bond donors (Lipinski definition) is 0. The van der Waals surface area contributed by atoms with Crippen molar-refractivity contribution in [1.82, 2.24) is 0 Å². The second-order valence-corrected chi connectivity index (χ2v) is 13.5. The van der Waals surface area contributed by atoms with Crippen LogP contribution in [0.1, 0.15) is 38.5 Å². The lowest BCUT2D eigenvalue weighted by Crippen LogP contribution is -2.59. The van der Waals surface area contributed by atoms with Gasteiger partial charge in [-0.05, 0) is 68.4 Å². The van der Waals surface area contributed by atoms with Crippen LogP contribution >= 0.6 is 7.14 Å². The fourth-order valence-corrected chi connectivity index (χ4v) is 10.6. The first-order chi connectivity index (χ1) is 16.5. The van der Waals surface area contributed by atoms with E-state index in [1.165, 1.54) is 38.5 Å². The van der Waals surface area contributed by atoms with Crippen molar-refractivity contribution < 1.29 is 9.30 Å². The minimum Gasteiger partial charge on any atom is -0.495 e. The molecule has 0 spiro atoms. The molecule has 4 saturated carbocycles. The molecule has 0 aromatic heterocycles. The van der Waals surface area contributed by atoms with Crippen molar-refractivity contribution >= 4 is 28.7 Å². The topological polar surface area (TPSA) is 29.5 Å². The summed E-state index contributed by atoms with van der Waals surface area (Å²) >= 11 is 0. The SMILES string of the molecule is COc1cccc(P(=O)(c2ccccc2)c2ccccc2)c1N(C)C12CC3CC(CC(C3)C1)C2. The molecule has 3 aromatic rings. The Morgan fingerprint density at radius 3 is 1.74 bits per heavy atom. The van der Waals surface area contributed by atoms with E-state index in [0.29, 0.717) is 0 Å². The number of para-hydroxylation sites is 1. The summed E-state index contributed by atoms with van der Waals surface area (Å²) in [6.07, 6.45) is 7.94. The average molecular weight is 472 g/mol. The lowest BCUT2D eigenvalue weighted by molar-refractivity contribution is -0.00208. The monoisotopic (exact) mass is 471 g/mol. The van der Waals surface area contributed by atoms with E-state index in [0.717, 1.165) is 45.1 Å². The molecular weight excluding hydrogens is 437 g/mol. The predicted molar refractivity (Wildman–Crippen MR) is 142 cm³/mol. The quantitative estimate of drug-likeness (QED) is 0.430. The molecule has 0 aliphatic heterocycles. The molecule has 4 aliphatic rings. The molecule has 3 aromatic carbocycles. The van der Waals surface area contributed by atoms with E-state index in [9.17, 15) is 0 Å². The molecule has 0 unspecified atom stereocenters. The second kappa shape index (κ2) is 8.31. The lowest BCUT2D eigenvalue weighted by Gasteiger charge is -2.60. The second-order valence-electron chi connectivity index (χ2n) is 10.8. The highest BCUT2D eigenvalue weighted by atomic mass is 31.2. The summed E-state index contributed by atoms with van der Waals surface area (Å²) in [4.78, 5) is 2.50. The number of benzene rings is 3. The summed E-state index contributed by atoms with van der Waals surface area (Å²) in [5.74, 6) is 3.33. The molecule has 0 saturated heterocycles. The summed E-state index contributed by atoms with van der Waals surface area (Å²) in [7, 11) is 0.865. The third-order valence-corrected chi connectivity index (χ3v) is 11.9. The molecule has 3 nitrogen and oxygen atoms in total. The van der Waals surface area contributed by atoms with Gasteiger partial charge < -0.3 is 14.2 Å². The van der Waals surface area contributed by atoms with Gasteiger partial charge in [-0.15, -0.1) is 0 Å². The molecule has 0 N–H and O–H groups in total. The number of nitrogens with zero attached hydrogens (tertiary/aromatic N) is 1. The number of rotatable bonds is 6. The Morgan fingerprint density at radius 1 is 0.765 bits per heavy atom. The highest BCUT2D eigenvalue weighted by molar-refractivity contribution is 7.85. The molecule has 0 atom stereocenters. The largest absolute Gasteiger partial charge is 0.495 e. The maximum Gasteiger partial charge on any atom is 0.173 e. The first kappa shape index (κ1) is 22.0. The van der Waals surface area contributed by atoms with Gasteiger partial charge in [-0.3, -0.25) is 0 Å². The van der Waals surface area contributed by atoms with Crippen LogP contribution in [-0.2, 0) is 4.57 Å². The highest BCUT2D eigenvalue weighted by Gasteiger charge is 2.54. The normalized spacial score (nSPS) is 27.5. The third-order valence-electron chi connectivity index (χ3n) is 8.83. The average Bonchev–Trinajstić information content (AvgIpc) is 2.87. The van der Waals surface area contributed by atoms with Crippen molar-refractivity contribution in [1.29, 1.82) is 0 Å². The Hall–Kier alpha value is -2.51. The first-order valence-corrected chi connectivity index (χ1v) is 14.4. The van der Waals surface area contributed by atoms with Crippen molar-refractivity contribution in [2.75, 3.05) is 19.1 Å². The smallest absolute Gasteiger partial charge is 0.173 e. The van der Waals surface area contributed by atoms with Crippen LogP contribution in [0.25, 0.3) is 0 Å². The van der Waals surface area contributed by atoms with Gasteiger partial charge in [0.15, 0.2) is 7.14 Å². The Morgan fingerprint density at radius 2 is 1.26 bits per heavy atom. The predicted octanol–water partition coefficient (Wildman–Crippen LogP) is 5.74. The van der Waals surface area contributed by atoms with Crippen molar-refractivity contribution in [2.24, 2.45) is 17.8 Å². The van der Waals surface area contributed by atoms with Crippen LogP contribution in [-0.4, -0.2) is 19.7 Å². The standard InChI is InChI=1S/C30H34NO2P/c1-31(30-19-22-16-23(20-30)18-24(17-22)21-30)29-27(33-2)14-9-15-28(29)34(32,25-10-5-3-6-11-25)26-12-7-4-8-13-26/h3-15,22-24H,16-21H2,1-2H3. The highest BCUT2D eigenvalue weighted by Crippen LogP contribution is 2.59. The molecular formula is C30H34NO2P. The van der Waals surface area contributed by atoms with Crippen LogP contribution in [0.15, 0.2) is 78.9 Å². The van der Waals surface area contributed by atoms with Gasteiger partial charge in [-0.1, -0.05) is 66.7 Å². The van der Waals surface area contributed by atoms with E-state index in [1.54, 1.807) is 7.11 Å². The Kier molecular flexibility index (Phi) is 5.37. The number of hydrogen-bond acceptors (Lipinski definition) is 3. The van der Waals surface area contributed by atoms with Crippen LogP contribution in [0.4, 0.5) is 5.69 Å². The van der Waals surface area contributed by atoms with E-state index in [1.807, 2.05) is 72.8 Å². The van der Waals surface area contributed by atoms with Crippen LogP contribution in [0.3, 0.4) is 0 Å². The molecule has 4 bridgehead atoms. The molecule has 176 valence electrons. The van der Waals surface area contributed by atoms with Gasteiger partial charge in [0.05, 0.1) is 12.8 Å².